The van der Waals surface area contributed by atoms with Crippen LogP contribution in [0.5, 0.6) is 0 Å². The Morgan fingerprint density at radius 2 is 1.68 bits per heavy atom. The normalized spacial score (nSPS) is 42.4. The van der Waals surface area contributed by atoms with Crippen molar-refractivity contribution in [2.24, 2.45) is 11.0 Å². The monoisotopic (exact) mass is 390 g/mol. The summed E-state index contributed by atoms with van der Waals surface area (Å²) in [6.45, 7) is -1.33. The molecule has 2 aliphatic rings. The molecule has 0 radical (unpaired) electrons. The molecule has 0 aromatic carbocycles. The number of aliphatic hydroxyl groups excluding tert-OH is 4. The number of carbonyl (C=O) groups excluding carboxylic acids is 2. The molecule has 0 spiro atoms. The Labute approximate surface area is 141 Å². The third-order valence-corrected chi connectivity index (χ3v) is 4.74. The zero-order valence-corrected chi connectivity index (χ0v) is 13.8. The SMILES string of the molecule is N[PH]1(N)OC(=O)C(F)(CCOC2O[C@H](CO)[C@H](O)[C@H](O)[C@H]2O)C(=O)O1. The minimum absolute atomic E-state index is 0.646. The van der Waals surface area contributed by atoms with Gasteiger partial charge in [-0.15, -0.1) is 0 Å². The van der Waals surface area contributed by atoms with Crippen molar-refractivity contribution in [3.8, 4) is 0 Å². The van der Waals surface area contributed by atoms with E-state index in [0.29, 0.717) is 0 Å². The number of halogens is 1. The van der Waals surface area contributed by atoms with E-state index in [1.54, 1.807) is 0 Å². The van der Waals surface area contributed by atoms with Gasteiger partial charge < -0.3 is 0 Å². The first-order valence-corrected chi connectivity index (χ1v) is 9.14. The van der Waals surface area contributed by atoms with Gasteiger partial charge in [0.05, 0.1) is 0 Å². The van der Waals surface area contributed by atoms with Gasteiger partial charge in [-0.1, -0.05) is 0 Å². The molecular weight excluding hydrogens is 370 g/mol. The molecule has 2 heterocycles. The van der Waals surface area contributed by atoms with E-state index in [1.807, 2.05) is 0 Å². The van der Waals surface area contributed by atoms with Crippen molar-refractivity contribution < 1.29 is 52.9 Å². The molecule has 5 atom stereocenters. The summed E-state index contributed by atoms with van der Waals surface area (Å²) in [5.74, 6) is -3.23. The van der Waals surface area contributed by atoms with Crippen molar-refractivity contribution in [1.29, 1.82) is 0 Å². The fourth-order valence-electron chi connectivity index (χ4n) is 2.28. The second-order valence-corrected chi connectivity index (χ2v) is 7.47. The summed E-state index contributed by atoms with van der Waals surface area (Å²) < 4.78 is 33.3. The quantitative estimate of drug-likeness (QED) is 0.198. The van der Waals surface area contributed by atoms with Crippen LogP contribution in [0, 0.1) is 0 Å². The van der Waals surface area contributed by atoms with E-state index in [0.717, 1.165) is 0 Å². The number of alkyl halides is 1. The number of hydrogen-bond acceptors (Lipinski definition) is 12. The first-order chi connectivity index (χ1) is 11.5. The summed E-state index contributed by atoms with van der Waals surface area (Å²) >= 11 is 0. The van der Waals surface area contributed by atoms with Crippen molar-refractivity contribution in [3.05, 3.63) is 0 Å². The molecule has 2 aliphatic heterocycles. The van der Waals surface area contributed by atoms with Gasteiger partial charge in [0.25, 0.3) is 0 Å². The Morgan fingerprint density at radius 1 is 1.12 bits per heavy atom. The molecule has 146 valence electrons. The van der Waals surface area contributed by atoms with Crippen LogP contribution in [0.3, 0.4) is 0 Å². The molecule has 0 amide bonds. The van der Waals surface area contributed by atoms with Crippen molar-refractivity contribution in [3.63, 3.8) is 0 Å². The van der Waals surface area contributed by atoms with E-state index in [-0.39, 0.29) is 0 Å². The Hall–Kier alpha value is -1.02. The standard InChI is InChI=1S/C11H20FN2O10P/c12-11(9(19)23-25(13,14)24-10(11)20)1-2-21-8-7(18)6(17)5(16)4(3-15)22-8/h4-8,15-18,25H,1-3,13-14H2/t4-,5+,6+,7-,8?/m1/s1. The second-order valence-electron chi connectivity index (χ2n) is 5.62. The fourth-order valence-corrected chi connectivity index (χ4v) is 3.23. The molecule has 0 aromatic rings. The van der Waals surface area contributed by atoms with Gasteiger partial charge in [0.1, 0.15) is 0 Å². The van der Waals surface area contributed by atoms with Gasteiger partial charge in [0.15, 0.2) is 0 Å². The van der Waals surface area contributed by atoms with Crippen LogP contribution < -0.4 is 11.0 Å². The topological polar surface area (TPSA) is 204 Å². The van der Waals surface area contributed by atoms with Gasteiger partial charge in [-0.05, 0) is 0 Å². The predicted octanol–water partition coefficient (Wildman–Crippen LogP) is -3.67. The summed E-state index contributed by atoms with van der Waals surface area (Å²) in [5, 5.41) is 38.0. The number of aliphatic hydroxyl groups is 4. The van der Waals surface area contributed by atoms with Crippen LogP contribution in [0.2, 0.25) is 0 Å². The van der Waals surface area contributed by atoms with Crippen LogP contribution in [0.25, 0.3) is 0 Å². The number of rotatable bonds is 5. The number of nitrogens with two attached hydrogens (primary N) is 2. The van der Waals surface area contributed by atoms with Crippen LogP contribution in [0.15, 0.2) is 0 Å². The maximum atomic E-state index is 14.5. The molecule has 12 nitrogen and oxygen atoms in total. The van der Waals surface area contributed by atoms with E-state index in [2.05, 4.69) is 9.05 Å². The molecule has 1 unspecified atom stereocenters. The van der Waals surface area contributed by atoms with E-state index in [1.165, 1.54) is 0 Å². The van der Waals surface area contributed by atoms with Gasteiger partial charge in [0.2, 0.25) is 0 Å². The zero-order chi connectivity index (χ0) is 19.0. The van der Waals surface area contributed by atoms with Crippen molar-refractivity contribution in [2.75, 3.05) is 13.2 Å². The summed E-state index contributed by atoms with van der Waals surface area (Å²) in [5.41, 5.74) is 7.21. The Morgan fingerprint density at radius 3 is 2.20 bits per heavy atom. The maximum absolute atomic E-state index is 14.5. The van der Waals surface area contributed by atoms with Crippen LogP contribution in [0.1, 0.15) is 6.42 Å². The van der Waals surface area contributed by atoms with Gasteiger partial charge >= 0.3 is 140 Å². The summed E-state index contributed by atoms with van der Waals surface area (Å²) in [6, 6.07) is 0. The number of ether oxygens (including phenoxy) is 2. The van der Waals surface area contributed by atoms with Crippen LogP contribution >= 0.6 is 8.02 Å². The van der Waals surface area contributed by atoms with Gasteiger partial charge in [-0.2, -0.15) is 0 Å². The van der Waals surface area contributed by atoms with Crippen LogP contribution in [0.4, 0.5) is 4.39 Å². The molecule has 0 saturated carbocycles. The molecule has 2 saturated heterocycles. The first-order valence-electron chi connectivity index (χ1n) is 7.17. The molecule has 25 heavy (non-hydrogen) atoms. The van der Waals surface area contributed by atoms with Gasteiger partial charge in [0, 0.05) is 0 Å². The Balaban J connectivity index is 1.95. The Kier molecular flexibility index (Phi) is 5.93. The van der Waals surface area contributed by atoms with Gasteiger partial charge in [-0.25, -0.2) is 0 Å². The predicted molar refractivity (Wildman–Crippen MR) is 77.0 cm³/mol. The van der Waals surface area contributed by atoms with E-state index < -0.39 is 76.0 Å². The molecule has 0 aromatic heterocycles. The van der Waals surface area contributed by atoms with E-state index in [9.17, 15) is 29.3 Å². The van der Waals surface area contributed by atoms with Crippen molar-refractivity contribution >= 4 is 20.0 Å². The minimum atomic E-state index is -4.05. The Bertz CT molecular complexity index is 515. The van der Waals surface area contributed by atoms with E-state index in [4.69, 9.17) is 25.6 Å². The third-order valence-electron chi connectivity index (χ3n) is 3.73. The summed E-state index contributed by atoms with van der Waals surface area (Å²) in [6.07, 6.45) is -8.65. The van der Waals surface area contributed by atoms with Gasteiger partial charge in [-0.3, -0.25) is 0 Å². The average molecular weight is 390 g/mol. The molecular formula is C11H20FN2O10P. The molecule has 14 heteroatoms. The first kappa shape index (κ1) is 20.3. The molecule has 0 aliphatic carbocycles. The van der Waals surface area contributed by atoms with Crippen molar-refractivity contribution in [1.82, 2.24) is 0 Å². The zero-order valence-electron chi connectivity index (χ0n) is 12.8. The number of carbonyl (C=O) groups is 2. The van der Waals surface area contributed by atoms with Crippen LogP contribution in [-0.4, -0.2) is 82.0 Å². The van der Waals surface area contributed by atoms with E-state index >= 15 is 0 Å². The average Bonchev–Trinajstić information content (AvgIpc) is 2.52. The fraction of sp³-hybridized carbons (Fsp3) is 0.818. The summed E-state index contributed by atoms with van der Waals surface area (Å²) in [4.78, 5) is 23.2. The second kappa shape index (κ2) is 7.31. The number of hydrogen-bond donors (Lipinski definition) is 6. The van der Waals surface area contributed by atoms with Crippen LogP contribution in [-0.2, 0) is 28.1 Å². The molecule has 0 bridgehead atoms. The molecule has 2 rings (SSSR count). The molecule has 2 fully saturated rings. The van der Waals surface area contributed by atoms with Crippen molar-refractivity contribution in [2.45, 2.75) is 42.8 Å². The summed E-state index contributed by atoms with van der Waals surface area (Å²) in [7, 11) is -4.05. The third kappa shape index (κ3) is 4.05. The molecule has 8 N–H and O–H groups in total.